The number of hydrogen-bond donors (Lipinski definition) is 1. The van der Waals surface area contributed by atoms with Crippen LogP contribution in [0.5, 0.6) is 0 Å². The van der Waals surface area contributed by atoms with Gasteiger partial charge >= 0.3 is 0 Å². The molecule has 3 heteroatoms. The summed E-state index contributed by atoms with van der Waals surface area (Å²) in [7, 11) is 4.03. The van der Waals surface area contributed by atoms with Gasteiger partial charge in [0.1, 0.15) is 7.05 Å². The summed E-state index contributed by atoms with van der Waals surface area (Å²) >= 11 is 0. The smallest absolute Gasteiger partial charge is 0.237 e. The summed E-state index contributed by atoms with van der Waals surface area (Å²) in [5.41, 5.74) is 1.09. The van der Waals surface area contributed by atoms with Gasteiger partial charge in [-0.25, -0.2) is 14.5 Å². The first-order valence-electron chi connectivity index (χ1n) is 4.93. The predicted octanol–water partition coefficient (Wildman–Crippen LogP) is 1.08. The Balaban J connectivity index is 2.26. The normalized spacial score (nSPS) is 10.0. The molecule has 0 saturated heterocycles. The molecule has 0 aromatic carbocycles. The van der Waals surface area contributed by atoms with Crippen LogP contribution in [0.3, 0.4) is 0 Å². The summed E-state index contributed by atoms with van der Waals surface area (Å²) in [5.74, 6) is 1.07. The molecule has 0 bridgehead atoms. The van der Waals surface area contributed by atoms with Crippen molar-refractivity contribution in [3.05, 3.63) is 48.9 Å². The van der Waals surface area contributed by atoms with Gasteiger partial charge in [-0.3, -0.25) is 0 Å². The van der Waals surface area contributed by atoms with Gasteiger partial charge in [-0.15, -0.1) is 0 Å². The van der Waals surface area contributed by atoms with Gasteiger partial charge < -0.3 is 0 Å². The van der Waals surface area contributed by atoms with Crippen molar-refractivity contribution < 1.29 is 9.13 Å². The third kappa shape index (κ3) is 2.31. The summed E-state index contributed by atoms with van der Waals surface area (Å²) in [4.78, 5) is 0. The van der Waals surface area contributed by atoms with Gasteiger partial charge in [0.15, 0.2) is 11.9 Å². The van der Waals surface area contributed by atoms with Crippen molar-refractivity contribution in [3.8, 4) is 0 Å². The molecule has 2 rings (SSSR count). The van der Waals surface area contributed by atoms with Crippen LogP contribution in [0.25, 0.3) is 0 Å². The topological polar surface area (TPSA) is 19.8 Å². The van der Waals surface area contributed by atoms with Crippen molar-refractivity contribution in [3.63, 3.8) is 0 Å². The lowest BCUT2D eigenvalue weighted by Gasteiger charge is -2.00. The van der Waals surface area contributed by atoms with E-state index in [1.54, 1.807) is 0 Å². The van der Waals surface area contributed by atoms with Crippen LogP contribution in [0, 0.1) is 0 Å². The van der Waals surface area contributed by atoms with E-state index in [0.29, 0.717) is 0 Å². The molecule has 0 aliphatic heterocycles. The monoisotopic (exact) mass is 201 g/mol. The van der Waals surface area contributed by atoms with Crippen molar-refractivity contribution >= 4 is 11.5 Å². The predicted molar refractivity (Wildman–Crippen MR) is 58.5 cm³/mol. The lowest BCUT2D eigenvalue weighted by molar-refractivity contribution is -0.671. The highest BCUT2D eigenvalue weighted by atomic mass is 15.1. The van der Waals surface area contributed by atoms with E-state index in [4.69, 9.17) is 0 Å². The molecule has 0 spiro atoms. The molecular weight excluding hydrogens is 186 g/mol. The number of nitrogens with zero attached hydrogens (tertiary/aromatic N) is 2. The third-order valence-corrected chi connectivity index (χ3v) is 2.27. The molecule has 0 amide bonds. The number of pyridine rings is 2. The summed E-state index contributed by atoms with van der Waals surface area (Å²) < 4.78 is 4.07. The highest BCUT2D eigenvalue weighted by Gasteiger charge is 2.07. The minimum absolute atomic E-state index is 1.07. The fraction of sp³-hybridized carbons (Fsp3) is 0.167. The molecule has 2 aromatic rings. The van der Waals surface area contributed by atoms with E-state index < -0.39 is 0 Å². The Morgan fingerprint density at radius 2 is 1.87 bits per heavy atom. The van der Waals surface area contributed by atoms with Crippen LogP contribution in [-0.4, -0.2) is 0 Å². The maximum atomic E-state index is 3.36. The molecule has 0 unspecified atom stereocenters. The van der Waals surface area contributed by atoms with E-state index in [-0.39, 0.29) is 0 Å². The fourth-order valence-electron chi connectivity index (χ4n) is 1.46. The van der Waals surface area contributed by atoms with Crippen LogP contribution in [0.2, 0.25) is 0 Å². The Labute approximate surface area is 89.6 Å². The Hall–Kier alpha value is -1.90. The number of nitrogens with one attached hydrogen (secondary N) is 1. The van der Waals surface area contributed by atoms with Gasteiger partial charge in [-0.2, -0.15) is 0 Å². The average molecular weight is 201 g/mol. The van der Waals surface area contributed by atoms with Crippen LogP contribution < -0.4 is 14.5 Å². The molecule has 0 atom stereocenters. The summed E-state index contributed by atoms with van der Waals surface area (Å²) in [6.07, 6.45) is 6.08. The zero-order valence-electron chi connectivity index (χ0n) is 9.01. The number of hydrogen-bond acceptors (Lipinski definition) is 1. The SMILES string of the molecule is C[n+]1cccc(Nc2cccc[n+]2C)c1. The first kappa shape index (κ1) is 9.65. The molecule has 0 saturated carbocycles. The molecule has 76 valence electrons. The minimum atomic E-state index is 1.07. The van der Waals surface area contributed by atoms with Gasteiger partial charge in [0, 0.05) is 12.1 Å². The van der Waals surface area contributed by atoms with Crippen molar-refractivity contribution in [2.24, 2.45) is 14.1 Å². The van der Waals surface area contributed by atoms with Gasteiger partial charge in [-0.1, -0.05) is 6.07 Å². The van der Waals surface area contributed by atoms with Gasteiger partial charge in [0.2, 0.25) is 6.20 Å². The van der Waals surface area contributed by atoms with E-state index in [2.05, 4.69) is 5.32 Å². The van der Waals surface area contributed by atoms with Crippen molar-refractivity contribution in [1.82, 2.24) is 0 Å². The molecule has 3 nitrogen and oxygen atoms in total. The Bertz CT molecular complexity index is 466. The van der Waals surface area contributed by atoms with Crippen LogP contribution in [0.15, 0.2) is 48.9 Å². The quantitative estimate of drug-likeness (QED) is 0.721. The second-order valence-electron chi connectivity index (χ2n) is 3.58. The standard InChI is InChI=1S/C12H14N3/c1-14-8-5-6-11(10-14)13-12-7-3-4-9-15(12)2/h3-10H,1-2H3/q+1/p+1. The Kier molecular flexibility index (Phi) is 2.63. The lowest BCUT2D eigenvalue weighted by Crippen LogP contribution is -2.31. The molecule has 0 aliphatic carbocycles. The second-order valence-corrected chi connectivity index (χ2v) is 3.58. The Morgan fingerprint density at radius 3 is 2.60 bits per heavy atom. The Morgan fingerprint density at radius 1 is 1.00 bits per heavy atom. The zero-order chi connectivity index (χ0) is 10.7. The average Bonchev–Trinajstić information content (AvgIpc) is 2.22. The number of aryl methyl sites for hydroxylation is 2. The van der Waals surface area contributed by atoms with Crippen molar-refractivity contribution in [2.45, 2.75) is 0 Å². The number of anilines is 2. The highest BCUT2D eigenvalue weighted by molar-refractivity contribution is 5.50. The first-order chi connectivity index (χ1) is 7.25. The molecule has 0 fully saturated rings. The zero-order valence-corrected chi connectivity index (χ0v) is 9.01. The van der Waals surface area contributed by atoms with Crippen LogP contribution in [-0.2, 0) is 14.1 Å². The van der Waals surface area contributed by atoms with E-state index in [9.17, 15) is 0 Å². The molecule has 0 radical (unpaired) electrons. The van der Waals surface area contributed by atoms with Crippen LogP contribution in [0.1, 0.15) is 0 Å². The largest absolute Gasteiger partial charge is 0.279 e. The van der Waals surface area contributed by atoms with Gasteiger partial charge in [-0.05, 0) is 12.1 Å². The minimum Gasteiger partial charge on any atom is -0.237 e. The van der Waals surface area contributed by atoms with E-state index in [0.717, 1.165) is 11.5 Å². The first-order valence-corrected chi connectivity index (χ1v) is 4.93. The highest BCUT2D eigenvalue weighted by Crippen LogP contribution is 2.08. The lowest BCUT2D eigenvalue weighted by atomic mass is 10.4. The fourth-order valence-corrected chi connectivity index (χ4v) is 1.46. The molecule has 0 aliphatic rings. The third-order valence-electron chi connectivity index (χ3n) is 2.27. The van der Waals surface area contributed by atoms with E-state index >= 15 is 0 Å². The van der Waals surface area contributed by atoms with E-state index in [1.807, 2.05) is 72.2 Å². The molecular formula is C12H15N3+2. The second kappa shape index (κ2) is 4.09. The molecule has 2 aromatic heterocycles. The van der Waals surface area contributed by atoms with Gasteiger partial charge in [0.25, 0.3) is 5.82 Å². The van der Waals surface area contributed by atoms with E-state index in [1.165, 1.54) is 0 Å². The maximum absolute atomic E-state index is 3.36. The van der Waals surface area contributed by atoms with Gasteiger partial charge in [0.05, 0.1) is 13.2 Å². The molecule has 1 N–H and O–H groups in total. The summed E-state index contributed by atoms with van der Waals surface area (Å²) in [5, 5.41) is 3.36. The van der Waals surface area contributed by atoms with Crippen molar-refractivity contribution in [1.29, 1.82) is 0 Å². The van der Waals surface area contributed by atoms with Crippen molar-refractivity contribution in [2.75, 3.05) is 5.32 Å². The summed E-state index contributed by atoms with van der Waals surface area (Å²) in [6.45, 7) is 0. The number of rotatable bonds is 2. The number of aromatic nitrogens is 2. The molecule has 15 heavy (non-hydrogen) atoms. The van der Waals surface area contributed by atoms with Crippen LogP contribution >= 0.6 is 0 Å². The summed E-state index contributed by atoms with van der Waals surface area (Å²) in [6, 6.07) is 10.1. The maximum Gasteiger partial charge on any atom is 0.279 e. The molecule has 2 heterocycles. The van der Waals surface area contributed by atoms with Crippen LogP contribution in [0.4, 0.5) is 11.5 Å².